The Bertz CT molecular complexity index is 977. The Morgan fingerprint density at radius 1 is 1.19 bits per heavy atom. The fourth-order valence-corrected chi connectivity index (χ4v) is 3.20. The molecule has 1 amide bonds. The number of rotatable bonds is 4. The Morgan fingerprint density at radius 3 is 2.69 bits per heavy atom. The van der Waals surface area contributed by atoms with E-state index in [4.69, 9.17) is 9.97 Å². The molecule has 4 rings (SSSR count). The SMILES string of the molecule is C=CC(=O)N1Cc2nc(Cc3ccccc3)nc(-c3ccn(C)n3)c2C1. The zero-order chi connectivity index (χ0) is 18.1. The Kier molecular flexibility index (Phi) is 4.08. The summed E-state index contributed by atoms with van der Waals surface area (Å²) in [7, 11) is 1.88. The van der Waals surface area contributed by atoms with E-state index in [1.165, 1.54) is 6.08 Å². The standard InChI is InChI=1S/C20H19N5O/c1-3-19(26)25-12-15-17(13-25)21-18(11-14-7-5-4-6-8-14)22-20(15)16-9-10-24(2)23-16/h3-10H,1,11-13H2,2H3. The summed E-state index contributed by atoms with van der Waals surface area (Å²) in [5.74, 6) is 0.642. The Hall–Kier alpha value is -3.28. The Labute approximate surface area is 151 Å². The number of hydrogen-bond donors (Lipinski definition) is 0. The van der Waals surface area contributed by atoms with E-state index in [0.717, 1.165) is 34.0 Å². The third-order valence-corrected chi connectivity index (χ3v) is 4.48. The number of nitrogens with zero attached hydrogens (tertiary/aromatic N) is 5. The van der Waals surface area contributed by atoms with E-state index >= 15 is 0 Å². The number of benzene rings is 1. The summed E-state index contributed by atoms with van der Waals surface area (Å²) in [5.41, 5.74) is 4.61. The minimum absolute atomic E-state index is 0.0976. The van der Waals surface area contributed by atoms with Crippen molar-refractivity contribution in [2.24, 2.45) is 7.05 Å². The van der Waals surface area contributed by atoms with Crippen LogP contribution in [0.3, 0.4) is 0 Å². The lowest BCUT2D eigenvalue weighted by atomic mass is 10.1. The van der Waals surface area contributed by atoms with Crippen molar-refractivity contribution in [1.82, 2.24) is 24.6 Å². The first-order chi connectivity index (χ1) is 12.6. The molecule has 130 valence electrons. The molecule has 0 spiro atoms. The van der Waals surface area contributed by atoms with Crippen molar-refractivity contribution in [2.45, 2.75) is 19.5 Å². The van der Waals surface area contributed by atoms with Crippen LogP contribution in [0.25, 0.3) is 11.4 Å². The van der Waals surface area contributed by atoms with Crippen LogP contribution < -0.4 is 0 Å². The average molecular weight is 345 g/mol. The van der Waals surface area contributed by atoms with E-state index in [-0.39, 0.29) is 5.91 Å². The Balaban J connectivity index is 1.77. The lowest BCUT2D eigenvalue weighted by Gasteiger charge is -2.11. The molecule has 0 radical (unpaired) electrons. The topological polar surface area (TPSA) is 63.9 Å². The predicted molar refractivity (Wildman–Crippen MR) is 97.9 cm³/mol. The second-order valence-electron chi connectivity index (χ2n) is 6.35. The molecule has 6 heteroatoms. The van der Waals surface area contributed by atoms with Gasteiger partial charge in [-0.05, 0) is 17.7 Å². The molecule has 0 unspecified atom stereocenters. The number of carbonyl (C=O) groups is 1. The summed E-state index contributed by atoms with van der Waals surface area (Å²) in [6.45, 7) is 4.54. The maximum Gasteiger partial charge on any atom is 0.246 e. The highest BCUT2D eigenvalue weighted by atomic mass is 16.2. The predicted octanol–water partition coefficient (Wildman–Crippen LogP) is 2.50. The van der Waals surface area contributed by atoms with E-state index in [2.05, 4.69) is 23.8 Å². The first kappa shape index (κ1) is 16.2. The summed E-state index contributed by atoms with van der Waals surface area (Å²) in [6, 6.07) is 12.1. The highest BCUT2D eigenvalue weighted by Gasteiger charge is 2.28. The van der Waals surface area contributed by atoms with Crippen LogP contribution in [0.15, 0.2) is 55.3 Å². The van der Waals surface area contributed by atoms with Crippen LogP contribution in [-0.2, 0) is 31.4 Å². The molecular weight excluding hydrogens is 326 g/mol. The minimum Gasteiger partial charge on any atom is -0.329 e. The fraction of sp³-hybridized carbons (Fsp3) is 0.200. The molecule has 26 heavy (non-hydrogen) atoms. The van der Waals surface area contributed by atoms with Gasteiger partial charge in [0.25, 0.3) is 0 Å². The molecule has 0 atom stereocenters. The maximum absolute atomic E-state index is 12.1. The number of amides is 1. The van der Waals surface area contributed by atoms with Gasteiger partial charge in [-0.2, -0.15) is 5.10 Å². The zero-order valence-corrected chi connectivity index (χ0v) is 14.6. The van der Waals surface area contributed by atoms with Crippen LogP contribution in [0.5, 0.6) is 0 Å². The molecule has 1 aromatic carbocycles. The number of carbonyl (C=O) groups excluding carboxylic acids is 1. The molecule has 0 saturated carbocycles. The van der Waals surface area contributed by atoms with Crippen molar-refractivity contribution >= 4 is 5.91 Å². The van der Waals surface area contributed by atoms with Gasteiger partial charge in [-0.3, -0.25) is 9.48 Å². The van der Waals surface area contributed by atoms with Crippen molar-refractivity contribution in [3.8, 4) is 11.4 Å². The monoisotopic (exact) mass is 345 g/mol. The van der Waals surface area contributed by atoms with Gasteiger partial charge in [0.2, 0.25) is 5.91 Å². The molecule has 6 nitrogen and oxygen atoms in total. The molecule has 0 fully saturated rings. The van der Waals surface area contributed by atoms with Crippen LogP contribution in [0, 0.1) is 0 Å². The molecule has 1 aliphatic rings. The van der Waals surface area contributed by atoms with Crippen molar-refractivity contribution in [2.75, 3.05) is 0 Å². The molecule has 0 N–H and O–H groups in total. The van der Waals surface area contributed by atoms with Crippen LogP contribution in [0.4, 0.5) is 0 Å². The summed E-state index contributed by atoms with van der Waals surface area (Å²) in [4.78, 5) is 23.3. The van der Waals surface area contributed by atoms with Crippen LogP contribution in [-0.4, -0.2) is 30.6 Å². The van der Waals surface area contributed by atoms with Gasteiger partial charge in [0, 0.05) is 25.2 Å². The lowest BCUT2D eigenvalue weighted by molar-refractivity contribution is -0.126. The number of fused-ring (bicyclic) bond motifs is 1. The summed E-state index contributed by atoms with van der Waals surface area (Å²) >= 11 is 0. The molecule has 3 heterocycles. The largest absolute Gasteiger partial charge is 0.329 e. The van der Waals surface area contributed by atoms with Gasteiger partial charge >= 0.3 is 0 Å². The van der Waals surface area contributed by atoms with E-state index in [1.54, 1.807) is 9.58 Å². The zero-order valence-electron chi connectivity index (χ0n) is 14.6. The fourth-order valence-electron chi connectivity index (χ4n) is 3.20. The molecule has 2 aromatic heterocycles. The van der Waals surface area contributed by atoms with Crippen molar-refractivity contribution in [3.63, 3.8) is 0 Å². The average Bonchev–Trinajstić information content (AvgIpc) is 3.27. The molecule has 1 aliphatic heterocycles. The Morgan fingerprint density at radius 2 is 2.00 bits per heavy atom. The normalized spacial score (nSPS) is 12.9. The molecule has 0 saturated heterocycles. The van der Waals surface area contributed by atoms with Gasteiger partial charge in [0.05, 0.1) is 24.5 Å². The first-order valence-corrected chi connectivity index (χ1v) is 8.48. The van der Waals surface area contributed by atoms with Crippen LogP contribution in [0.2, 0.25) is 0 Å². The molecular formula is C20H19N5O. The second kappa shape index (κ2) is 6.55. The van der Waals surface area contributed by atoms with Gasteiger partial charge < -0.3 is 4.90 Å². The van der Waals surface area contributed by atoms with Gasteiger partial charge in [0.15, 0.2) is 0 Å². The van der Waals surface area contributed by atoms with Crippen molar-refractivity contribution in [3.05, 3.63) is 77.9 Å². The summed E-state index contributed by atoms with van der Waals surface area (Å²) in [6.07, 6.45) is 3.87. The smallest absolute Gasteiger partial charge is 0.246 e. The van der Waals surface area contributed by atoms with Gasteiger partial charge in [-0.1, -0.05) is 36.9 Å². The van der Waals surface area contributed by atoms with E-state index in [9.17, 15) is 4.79 Å². The van der Waals surface area contributed by atoms with E-state index in [1.807, 2.05) is 37.5 Å². The van der Waals surface area contributed by atoms with Gasteiger partial charge in [-0.25, -0.2) is 9.97 Å². The molecule has 0 aliphatic carbocycles. The van der Waals surface area contributed by atoms with Crippen LogP contribution >= 0.6 is 0 Å². The van der Waals surface area contributed by atoms with Crippen molar-refractivity contribution < 1.29 is 4.79 Å². The third-order valence-electron chi connectivity index (χ3n) is 4.48. The quantitative estimate of drug-likeness (QED) is 0.682. The van der Waals surface area contributed by atoms with E-state index in [0.29, 0.717) is 19.5 Å². The number of hydrogen-bond acceptors (Lipinski definition) is 4. The molecule has 0 bridgehead atoms. The minimum atomic E-state index is -0.0976. The highest BCUT2D eigenvalue weighted by molar-refractivity contribution is 5.87. The number of aromatic nitrogens is 4. The number of aryl methyl sites for hydroxylation is 1. The van der Waals surface area contributed by atoms with Gasteiger partial charge in [-0.15, -0.1) is 0 Å². The summed E-state index contributed by atoms with van der Waals surface area (Å²) < 4.78 is 1.75. The second-order valence-corrected chi connectivity index (χ2v) is 6.35. The van der Waals surface area contributed by atoms with Crippen LogP contribution in [0.1, 0.15) is 22.6 Å². The maximum atomic E-state index is 12.1. The van der Waals surface area contributed by atoms with E-state index < -0.39 is 0 Å². The first-order valence-electron chi connectivity index (χ1n) is 8.48. The summed E-state index contributed by atoms with van der Waals surface area (Å²) in [5, 5.41) is 4.50. The van der Waals surface area contributed by atoms with Gasteiger partial charge in [0.1, 0.15) is 11.5 Å². The molecule has 3 aromatic rings. The third kappa shape index (κ3) is 3.01. The lowest BCUT2D eigenvalue weighted by Crippen LogP contribution is -2.22. The van der Waals surface area contributed by atoms with Crippen molar-refractivity contribution in [1.29, 1.82) is 0 Å². The highest BCUT2D eigenvalue weighted by Crippen LogP contribution is 2.30.